The summed E-state index contributed by atoms with van der Waals surface area (Å²) in [5.74, 6) is -1.73. The van der Waals surface area contributed by atoms with E-state index in [1.165, 1.54) is 18.9 Å². The number of anilines is 1. The molecular weight excluding hydrogens is 386 g/mol. The highest BCUT2D eigenvalue weighted by Crippen LogP contribution is 2.43. The van der Waals surface area contributed by atoms with Crippen LogP contribution < -0.4 is 14.4 Å². The van der Waals surface area contributed by atoms with E-state index in [9.17, 15) is 19.5 Å². The minimum atomic E-state index is -0.880. The molecular formula is C23H23NO6. The molecule has 1 amide bonds. The first-order valence-electron chi connectivity index (χ1n) is 9.48. The number of carbonyl (C=O) groups is 3. The first-order chi connectivity index (χ1) is 14.2. The Labute approximate surface area is 174 Å². The molecule has 0 bridgehead atoms. The molecule has 1 aliphatic rings. The Hall–Kier alpha value is -3.61. The normalized spacial score (nSPS) is 16.2. The van der Waals surface area contributed by atoms with E-state index in [0.29, 0.717) is 17.0 Å². The molecule has 1 N–H and O–H groups in total. The first kappa shape index (κ1) is 21.1. The smallest absolute Gasteiger partial charge is 0.308 e. The van der Waals surface area contributed by atoms with Crippen molar-refractivity contribution >= 4 is 23.3 Å². The highest BCUT2D eigenvalue weighted by atomic mass is 16.5. The van der Waals surface area contributed by atoms with Gasteiger partial charge >= 0.3 is 5.97 Å². The zero-order valence-corrected chi connectivity index (χ0v) is 17.2. The van der Waals surface area contributed by atoms with Gasteiger partial charge < -0.3 is 14.6 Å². The van der Waals surface area contributed by atoms with Crippen molar-refractivity contribution in [3.63, 3.8) is 0 Å². The summed E-state index contributed by atoms with van der Waals surface area (Å²) in [7, 11) is 1.51. The van der Waals surface area contributed by atoms with Gasteiger partial charge in [0.1, 0.15) is 11.5 Å². The quantitative estimate of drug-likeness (QED) is 0.577. The van der Waals surface area contributed by atoms with Crippen LogP contribution in [0.5, 0.6) is 11.5 Å². The maximum atomic E-state index is 13.0. The van der Waals surface area contributed by atoms with Gasteiger partial charge in [0.15, 0.2) is 11.5 Å². The van der Waals surface area contributed by atoms with Crippen LogP contribution in [0.15, 0.2) is 59.9 Å². The molecule has 1 heterocycles. The van der Waals surface area contributed by atoms with Crippen molar-refractivity contribution in [3.8, 4) is 11.5 Å². The maximum Gasteiger partial charge on any atom is 0.308 e. The number of nitrogens with zero attached hydrogens (tertiary/aromatic N) is 1. The zero-order valence-electron chi connectivity index (χ0n) is 17.2. The average Bonchev–Trinajstić information content (AvgIpc) is 2.98. The Bertz CT molecular complexity index is 1040. The SMILES string of the molecule is COc1cccc(N2C(=O)C(O)=C(C(=O)C(C)C)C2c2cccc(OC(C)=O)c2)c1. The minimum Gasteiger partial charge on any atom is -0.503 e. The standard InChI is InChI=1S/C23H23NO6/c1-13(2)21(26)19-20(15-7-5-10-18(11-15)30-14(3)25)24(23(28)22(19)27)16-8-6-9-17(12-16)29-4/h5-13,20,27H,1-4H3. The molecule has 0 radical (unpaired) electrons. The van der Waals surface area contributed by atoms with Gasteiger partial charge in [0.05, 0.1) is 18.7 Å². The summed E-state index contributed by atoms with van der Waals surface area (Å²) >= 11 is 0. The lowest BCUT2D eigenvalue weighted by Crippen LogP contribution is -2.31. The molecule has 1 atom stereocenters. The third kappa shape index (κ3) is 3.91. The Balaban J connectivity index is 2.18. The highest BCUT2D eigenvalue weighted by Gasteiger charge is 2.45. The van der Waals surface area contributed by atoms with E-state index >= 15 is 0 Å². The minimum absolute atomic E-state index is 0.0118. The van der Waals surface area contributed by atoms with Gasteiger partial charge in [0.2, 0.25) is 0 Å². The van der Waals surface area contributed by atoms with Gasteiger partial charge in [-0.3, -0.25) is 19.3 Å². The molecule has 0 spiro atoms. The number of Topliss-reactive ketones (excluding diaryl/α,β-unsaturated/α-hetero) is 1. The van der Waals surface area contributed by atoms with Crippen molar-refractivity contribution in [3.05, 3.63) is 65.4 Å². The van der Waals surface area contributed by atoms with E-state index in [1.54, 1.807) is 62.4 Å². The zero-order chi connectivity index (χ0) is 22.0. The van der Waals surface area contributed by atoms with E-state index in [2.05, 4.69) is 0 Å². The van der Waals surface area contributed by atoms with Gasteiger partial charge in [-0.1, -0.05) is 32.0 Å². The predicted octanol–water partition coefficient (Wildman–Crippen LogP) is 3.75. The topological polar surface area (TPSA) is 93.1 Å². The second kappa shape index (κ2) is 8.41. The fraction of sp³-hybridized carbons (Fsp3) is 0.261. The molecule has 2 aromatic carbocycles. The molecule has 0 aliphatic carbocycles. The fourth-order valence-corrected chi connectivity index (χ4v) is 3.42. The maximum absolute atomic E-state index is 13.0. The summed E-state index contributed by atoms with van der Waals surface area (Å²) in [6.07, 6.45) is 0. The molecule has 0 aromatic heterocycles. The van der Waals surface area contributed by atoms with E-state index in [-0.39, 0.29) is 17.1 Å². The number of methoxy groups -OCH3 is 1. The third-order valence-corrected chi connectivity index (χ3v) is 4.76. The summed E-state index contributed by atoms with van der Waals surface area (Å²) in [6, 6.07) is 12.5. The lowest BCUT2D eigenvalue weighted by Gasteiger charge is -2.27. The lowest BCUT2D eigenvalue weighted by atomic mass is 9.91. The summed E-state index contributed by atoms with van der Waals surface area (Å²) in [5, 5.41) is 10.6. The van der Waals surface area contributed by atoms with Crippen LogP contribution in [0.1, 0.15) is 32.4 Å². The number of ketones is 1. The second-order valence-corrected chi connectivity index (χ2v) is 7.23. The van der Waals surface area contributed by atoms with Gasteiger partial charge in [-0.15, -0.1) is 0 Å². The molecule has 1 aliphatic heterocycles. The summed E-state index contributed by atoms with van der Waals surface area (Å²) in [6.45, 7) is 4.69. The number of ether oxygens (including phenoxy) is 2. The Morgan fingerprint density at radius 3 is 2.37 bits per heavy atom. The van der Waals surface area contributed by atoms with Crippen molar-refractivity contribution in [2.45, 2.75) is 26.8 Å². The first-order valence-corrected chi connectivity index (χ1v) is 9.48. The van der Waals surface area contributed by atoms with Crippen LogP contribution in [-0.4, -0.2) is 29.9 Å². The second-order valence-electron chi connectivity index (χ2n) is 7.23. The molecule has 30 heavy (non-hydrogen) atoms. The molecule has 7 heteroatoms. The largest absolute Gasteiger partial charge is 0.503 e. The Morgan fingerprint density at radius 2 is 1.73 bits per heavy atom. The number of carbonyl (C=O) groups excluding carboxylic acids is 3. The Morgan fingerprint density at radius 1 is 1.07 bits per heavy atom. The van der Waals surface area contributed by atoms with E-state index in [4.69, 9.17) is 9.47 Å². The molecule has 0 saturated carbocycles. The predicted molar refractivity (Wildman–Crippen MR) is 110 cm³/mol. The number of aliphatic hydroxyl groups is 1. The van der Waals surface area contributed by atoms with E-state index < -0.39 is 29.6 Å². The monoisotopic (exact) mass is 409 g/mol. The average molecular weight is 409 g/mol. The summed E-state index contributed by atoms with van der Waals surface area (Å²) < 4.78 is 10.4. The molecule has 0 fully saturated rings. The van der Waals surface area contributed by atoms with Crippen molar-refractivity contribution < 1.29 is 29.0 Å². The lowest BCUT2D eigenvalue weighted by molar-refractivity contribution is -0.132. The third-order valence-electron chi connectivity index (χ3n) is 4.76. The fourth-order valence-electron chi connectivity index (χ4n) is 3.42. The highest BCUT2D eigenvalue weighted by molar-refractivity contribution is 6.16. The number of amides is 1. The van der Waals surface area contributed by atoms with Gasteiger partial charge in [0.25, 0.3) is 5.91 Å². The van der Waals surface area contributed by atoms with E-state index in [0.717, 1.165) is 0 Å². The molecule has 1 unspecified atom stereocenters. The van der Waals surface area contributed by atoms with Gasteiger partial charge in [-0.25, -0.2) is 0 Å². The van der Waals surface area contributed by atoms with Crippen LogP contribution in [0.3, 0.4) is 0 Å². The van der Waals surface area contributed by atoms with Crippen LogP contribution in [0.4, 0.5) is 5.69 Å². The molecule has 7 nitrogen and oxygen atoms in total. The van der Waals surface area contributed by atoms with Gasteiger partial charge in [-0.2, -0.15) is 0 Å². The number of hydrogen-bond acceptors (Lipinski definition) is 6. The van der Waals surface area contributed by atoms with Crippen molar-refractivity contribution in [1.82, 2.24) is 0 Å². The van der Waals surface area contributed by atoms with Crippen molar-refractivity contribution in [2.24, 2.45) is 5.92 Å². The number of benzene rings is 2. The number of aliphatic hydroxyl groups excluding tert-OH is 1. The number of hydrogen-bond donors (Lipinski definition) is 1. The summed E-state index contributed by atoms with van der Waals surface area (Å²) in [5.41, 5.74) is 0.996. The number of esters is 1. The molecule has 3 rings (SSSR count). The van der Waals surface area contributed by atoms with Gasteiger partial charge in [0, 0.05) is 24.6 Å². The van der Waals surface area contributed by atoms with Crippen molar-refractivity contribution in [1.29, 1.82) is 0 Å². The molecule has 156 valence electrons. The van der Waals surface area contributed by atoms with Crippen LogP contribution in [0.2, 0.25) is 0 Å². The summed E-state index contributed by atoms with van der Waals surface area (Å²) in [4.78, 5) is 38.7. The van der Waals surface area contributed by atoms with Crippen LogP contribution in [0, 0.1) is 5.92 Å². The Kier molecular flexibility index (Phi) is 5.91. The van der Waals surface area contributed by atoms with Crippen LogP contribution in [0.25, 0.3) is 0 Å². The van der Waals surface area contributed by atoms with Crippen molar-refractivity contribution in [2.75, 3.05) is 12.0 Å². The van der Waals surface area contributed by atoms with Gasteiger partial charge in [-0.05, 0) is 29.8 Å². The molecule has 0 saturated heterocycles. The van der Waals surface area contributed by atoms with E-state index in [1.807, 2.05) is 0 Å². The molecule has 2 aromatic rings. The number of rotatable bonds is 6. The van der Waals surface area contributed by atoms with Crippen LogP contribution >= 0.6 is 0 Å². The van der Waals surface area contributed by atoms with Crippen LogP contribution in [-0.2, 0) is 14.4 Å².